The van der Waals surface area contributed by atoms with E-state index in [0.29, 0.717) is 39.1 Å². The number of alkyl carbamates (subject to hydrolysis) is 2. The molecular weight excluding hydrogens is 935 g/mol. The zero-order valence-electron chi connectivity index (χ0n) is 42.8. The molecule has 0 spiro atoms. The molecule has 0 bridgehead atoms. The Hall–Kier alpha value is -7.30. The topological polar surface area (TPSA) is 203 Å². The van der Waals surface area contributed by atoms with Crippen molar-refractivity contribution in [1.82, 2.24) is 25.3 Å². The first-order chi connectivity index (χ1) is 34.7. The molecule has 3 aromatic rings. The van der Waals surface area contributed by atoms with Gasteiger partial charge in [0.2, 0.25) is 0 Å². The Labute approximate surface area is 427 Å². The Morgan fingerprint density at radius 3 is 1.16 bits per heavy atom. The number of amides is 5. The summed E-state index contributed by atoms with van der Waals surface area (Å²) in [4.78, 5) is 77.8. The number of ether oxygens (including phenoxy) is 5. The predicted molar refractivity (Wildman–Crippen MR) is 271 cm³/mol. The largest absolute Gasteiger partial charge is 0.481 e. The van der Waals surface area contributed by atoms with E-state index in [1.807, 2.05) is 139 Å². The quantitative estimate of drug-likeness (QED) is 0.136. The first-order valence-electron chi connectivity index (χ1n) is 24.9. The summed E-state index contributed by atoms with van der Waals surface area (Å²) in [6.45, 7) is 14.0. The van der Waals surface area contributed by atoms with Crippen LogP contribution in [0.1, 0.15) is 96.8 Å². The molecule has 0 radical (unpaired) electrons. The number of nitrogens with one attached hydrogen (secondary N) is 2. The van der Waals surface area contributed by atoms with Crippen LogP contribution in [-0.4, -0.2) is 118 Å². The molecule has 9 rings (SSSR count). The number of hydrogen-bond donors (Lipinski definition) is 3. The third kappa shape index (κ3) is 13.8. The van der Waals surface area contributed by atoms with E-state index in [-0.39, 0.29) is 38.6 Å². The molecule has 17 nitrogen and oxygen atoms in total. The van der Waals surface area contributed by atoms with Crippen LogP contribution in [0.25, 0.3) is 0 Å². The zero-order valence-corrected chi connectivity index (χ0v) is 42.8. The van der Waals surface area contributed by atoms with Crippen LogP contribution in [0.15, 0.2) is 126 Å². The number of fused-ring (bicyclic) bond motifs is 3. The molecule has 17 heteroatoms. The Morgan fingerprint density at radius 1 is 0.493 bits per heavy atom. The molecule has 3 aliphatic heterocycles. The molecule has 3 heterocycles. The van der Waals surface area contributed by atoms with Gasteiger partial charge in [0.15, 0.2) is 0 Å². The van der Waals surface area contributed by atoms with Gasteiger partial charge in [-0.25, -0.2) is 24.0 Å². The third-order valence-electron chi connectivity index (χ3n) is 13.5. The number of allylic oxidation sites excluding steroid dienone is 3. The van der Waals surface area contributed by atoms with E-state index in [2.05, 4.69) is 22.8 Å². The van der Waals surface area contributed by atoms with Crippen LogP contribution in [-0.2, 0) is 48.3 Å². The maximum Gasteiger partial charge on any atom is 0.410 e. The van der Waals surface area contributed by atoms with E-state index in [4.69, 9.17) is 23.7 Å². The van der Waals surface area contributed by atoms with E-state index in [1.54, 1.807) is 9.80 Å². The normalized spacial score (nSPS) is 22.3. The molecule has 3 aromatic carbocycles. The Morgan fingerprint density at radius 2 is 0.822 bits per heavy atom. The standard InChI is InChI=1S/2C20H26N2O4.C16H17NO4/c2*1-19(2,3)26-17(23)21-20-11-7-10-16(20)12-22(14-20)18(24)25-13-15-8-5-4-6-9-15;18-14(19)16-8-4-7-13(16)9-17(11-16)15(20)21-10-12-5-2-1-3-6-12/h2*4-6,8-10H,7,11-14H2,1-3H3,(H,21,23);1-3,5-7H,4,8-11H2,(H,18,19). The Bertz CT molecular complexity index is 2450. The third-order valence-corrected chi connectivity index (χ3v) is 13.5. The maximum atomic E-state index is 12.4. The van der Waals surface area contributed by atoms with Crippen LogP contribution in [0, 0.1) is 5.41 Å². The number of nitrogens with zero attached hydrogens (tertiary/aromatic N) is 3. The van der Waals surface area contributed by atoms with Gasteiger partial charge < -0.3 is 54.1 Å². The van der Waals surface area contributed by atoms with Gasteiger partial charge in [-0.05, 0) is 113 Å². The summed E-state index contributed by atoms with van der Waals surface area (Å²) in [5, 5.41) is 15.4. The smallest absolute Gasteiger partial charge is 0.410 e. The summed E-state index contributed by atoms with van der Waals surface area (Å²) < 4.78 is 26.9. The molecule has 6 aliphatic rings. The van der Waals surface area contributed by atoms with Crippen molar-refractivity contribution < 1.29 is 57.6 Å². The van der Waals surface area contributed by atoms with Crippen LogP contribution < -0.4 is 10.6 Å². The number of hydrogen-bond acceptors (Lipinski definition) is 11. The van der Waals surface area contributed by atoms with Crippen LogP contribution in [0.4, 0.5) is 24.0 Å². The van der Waals surface area contributed by atoms with Gasteiger partial charge in [-0.1, -0.05) is 109 Å². The maximum absolute atomic E-state index is 12.4. The van der Waals surface area contributed by atoms with Gasteiger partial charge in [-0.15, -0.1) is 0 Å². The predicted octanol–water partition coefficient (Wildman–Crippen LogP) is 9.68. The van der Waals surface area contributed by atoms with E-state index in [1.165, 1.54) is 4.90 Å². The van der Waals surface area contributed by atoms with Crippen molar-refractivity contribution in [3.63, 3.8) is 0 Å². The van der Waals surface area contributed by atoms with Gasteiger partial charge in [0, 0.05) is 26.2 Å². The summed E-state index contributed by atoms with van der Waals surface area (Å²) in [6, 6.07) is 28.6. The number of carboxylic acids is 1. The molecule has 73 heavy (non-hydrogen) atoms. The summed E-state index contributed by atoms with van der Waals surface area (Å²) >= 11 is 0. The lowest BCUT2D eigenvalue weighted by atomic mass is 9.84. The number of likely N-dealkylation sites (tertiary alicyclic amines) is 3. The first kappa shape index (κ1) is 53.5. The van der Waals surface area contributed by atoms with Gasteiger partial charge in [0.25, 0.3) is 0 Å². The number of rotatable bonds is 9. The van der Waals surface area contributed by atoms with Gasteiger partial charge in [-0.3, -0.25) is 4.79 Å². The van der Waals surface area contributed by atoms with Crippen molar-refractivity contribution in [1.29, 1.82) is 0 Å². The van der Waals surface area contributed by atoms with Crippen LogP contribution in [0.2, 0.25) is 0 Å². The molecule has 3 unspecified atom stereocenters. The van der Waals surface area contributed by atoms with E-state index in [9.17, 15) is 33.9 Å². The highest BCUT2D eigenvalue weighted by molar-refractivity contribution is 5.83. The second-order valence-corrected chi connectivity index (χ2v) is 21.3. The fourth-order valence-corrected chi connectivity index (χ4v) is 9.99. The minimum Gasteiger partial charge on any atom is -0.481 e. The first-order valence-corrected chi connectivity index (χ1v) is 24.9. The fraction of sp³-hybridized carbons (Fsp3) is 0.464. The summed E-state index contributed by atoms with van der Waals surface area (Å²) in [7, 11) is 0. The second kappa shape index (κ2) is 22.6. The molecule has 0 saturated carbocycles. The van der Waals surface area contributed by atoms with Crippen molar-refractivity contribution in [3.8, 4) is 0 Å². The SMILES string of the molecule is CC(C)(C)OC(=O)NC12CCC=C1CN(C(=O)OCc1ccccc1)C2.CC(C)(C)OC(=O)NC12CCC=C1CN(C(=O)OCc1ccccc1)C2.O=C(OCc1ccccc1)N1CC2=CCCC2(C(=O)O)C1. The van der Waals surface area contributed by atoms with Crippen LogP contribution in [0.5, 0.6) is 0 Å². The molecule has 5 amide bonds. The molecule has 390 valence electrons. The Kier molecular flexibility index (Phi) is 16.6. The molecule has 0 aromatic heterocycles. The molecule has 3 atom stereocenters. The van der Waals surface area contributed by atoms with Crippen molar-refractivity contribution in [2.45, 2.75) is 122 Å². The average molecular weight is 1000 g/mol. The molecule has 3 N–H and O–H groups in total. The van der Waals surface area contributed by atoms with Crippen LogP contribution >= 0.6 is 0 Å². The molecular formula is C56H69N5O12. The number of aliphatic carboxylic acids is 1. The number of carbonyl (C=O) groups excluding carboxylic acids is 5. The summed E-state index contributed by atoms with van der Waals surface area (Å²) in [5.74, 6) is -0.843. The lowest BCUT2D eigenvalue weighted by Gasteiger charge is -2.30. The molecule has 3 saturated heterocycles. The van der Waals surface area contributed by atoms with Crippen molar-refractivity contribution in [2.24, 2.45) is 5.41 Å². The minimum absolute atomic E-state index is 0.204. The Balaban J connectivity index is 0.000000161. The van der Waals surface area contributed by atoms with Crippen LogP contribution in [0.3, 0.4) is 0 Å². The monoisotopic (exact) mass is 1000 g/mol. The highest BCUT2D eigenvalue weighted by Crippen LogP contribution is 2.45. The van der Waals surface area contributed by atoms with Gasteiger partial charge in [-0.2, -0.15) is 0 Å². The lowest BCUT2D eigenvalue weighted by Crippen LogP contribution is -2.52. The number of carbonyl (C=O) groups is 6. The second-order valence-electron chi connectivity index (χ2n) is 21.3. The van der Waals surface area contributed by atoms with Crippen molar-refractivity contribution in [2.75, 3.05) is 39.3 Å². The molecule has 3 aliphatic carbocycles. The van der Waals surface area contributed by atoms with Gasteiger partial charge >= 0.3 is 36.4 Å². The van der Waals surface area contributed by atoms with E-state index in [0.717, 1.165) is 65.5 Å². The van der Waals surface area contributed by atoms with Crippen molar-refractivity contribution >= 4 is 36.4 Å². The minimum atomic E-state index is -0.883. The molecule has 3 fully saturated rings. The highest BCUT2D eigenvalue weighted by atomic mass is 16.6. The summed E-state index contributed by atoms with van der Waals surface area (Å²) in [6.07, 6.45) is 8.70. The van der Waals surface area contributed by atoms with E-state index < -0.39 is 51.9 Å². The zero-order chi connectivity index (χ0) is 52.4. The van der Waals surface area contributed by atoms with Gasteiger partial charge in [0.05, 0.1) is 24.2 Å². The van der Waals surface area contributed by atoms with Gasteiger partial charge in [0.1, 0.15) is 36.4 Å². The highest BCUT2D eigenvalue weighted by Gasteiger charge is 2.53. The number of benzene rings is 3. The van der Waals surface area contributed by atoms with Crippen molar-refractivity contribution in [3.05, 3.63) is 143 Å². The van der Waals surface area contributed by atoms with E-state index >= 15 is 0 Å². The average Bonchev–Trinajstić information content (AvgIpc) is 4.19. The fourth-order valence-electron chi connectivity index (χ4n) is 9.99. The summed E-state index contributed by atoms with van der Waals surface area (Å²) in [5.41, 5.74) is 2.69. The number of carboxylic acid groups (broad SMARTS) is 1. The lowest BCUT2D eigenvalue weighted by molar-refractivity contribution is -0.146.